The molecule has 114 valence electrons. The molecule has 1 atom stereocenters. The van der Waals surface area contributed by atoms with Crippen molar-refractivity contribution < 1.29 is 13.2 Å². The Labute approximate surface area is 126 Å². The van der Waals surface area contributed by atoms with E-state index >= 15 is 0 Å². The second kappa shape index (κ2) is 6.43. The zero-order valence-corrected chi connectivity index (χ0v) is 13.3. The van der Waals surface area contributed by atoms with Crippen LogP contribution in [0.25, 0.3) is 5.57 Å². The van der Waals surface area contributed by atoms with Crippen LogP contribution in [0.15, 0.2) is 36.4 Å². The minimum atomic E-state index is -2.98. The van der Waals surface area contributed by atoms with Gasteiger partial charge in [0.25, 0.3) is 0 Å². The molecule has 0 radical (unpaired) electrons. The third-order valence-electron chi connectivity index (χ3n) is 3.84. The monoisotopic (exact) mass is 307 g/mol. The molecular formula is C16H21NO3S. The van der Waals surface area contributed by atoms with Crippen LogP contribution in [0.5, 0.6) is 0 Å². The molecule has 0 N–H and O–H groups in total. The first-order chi connectivity index (χ1) is 9.93. The lowest BCUT2D eigenvalue weighted by molar-refractivity contribution is -0.127. The molecule has 0 aliphatic carbocycles. The van der Waals surface area contributed by atoms with Crippen LogP contribution >= 0.6 is 0 Å². The Morgan fingerprint density at radius 1 is 1.33 bits per heavy atom. The smallest absolute Gasteiger partial charge is 0.247 e. The highest BCUT2D eigenvalue weighted by Crippen LogP contribution is 2.19. The van der Waals surface area contributed by atoms with Crippen LogP contribution in [0.3, 0.4) is 0 Å². The summed E-state index contributed by atoms with van der Waals surface area (Å²) in [5.41, 5.74) is 1.89. The Hall–Kier alpha value is -1.62. The van der Waals surface area contributed by atoms with Gasteiger partial charge in [0.1, 0.15) is 0 Å². The highest BCUT2D eigenvalue weighted by molar-refractivity contribution is 7.91. The van der Waals surface area contributed by atoms with Crippen molar-refractivity contribution in [1.29, 1.82) is 0 Å². The lowest BCUT2D eigenvalue weighted by Crippen LogP contribution is -2.40. The number of likely N-dealkylation sites (N-methyl/N-ethyl adjacent to an activating group) is 1. The number of carbonyl (C=O) groups excluding carboxylic acids is 1. The van der Waals surface area contributed by atoms with Crippen molar-refractivity contribution in [2.75, 3.05) is 18.1 Å². The maximum Gasteiger partial charge on any atom is 0.247 e. The molecule has 2 rings (SSSR count). The molecule has 1 aromatic rings. The average molecular weight is 307 g/mol. The van der Waals surface area contributed by atoms with Crippen LogP contribution in [-0.2, 0) is 14.6 Å². The normalized spacial score (nSPS) is 21.2. The van der Waals surface area contributed by atoms with Crippen LogP contribution < -0.4 is 0 Å². The fourth-order valence-corrected chi connectivity index (χ4v) is 4.40. The van der Waals surface area contributed by atoms with Crippen LogP contribution in [0.2, 0.25) is 0 Å². The maximum atomic E-state index is 12.4. The molecule has 1 aromatic carbocycles. The van der Waals surface area contributed by atoms with Crippen molar-refractivity contribution in [1.82, 2.24) is 4.90 Å². The zero-order valence-electron chi connectivity index (χ0n) is 12.5. The van der Waals surface area contributed by atoms with Crippen molar-refractivity contribution in [2.45, 2.75) is 26.3 Å². The summed E-state index contributed by atoms with van der Waals surface area (Å²) in [5.74, 6) is 0.161. The standard InChI is InChI=1S/C16H21NO3S/c1-3-17(15-9-10-21(19,20)12-15)16(18)11-13(2)14-7-5-4-6-8-14/h4-8,11,15H,3,9-10,12H2,1-2H3/b13-11-. The third kappa shape index (κ3) is 3.94. The van der Waals surface area contributed by atoms with Gasteiger partial charge in [0.05, 0.1) is 11.5 Å². The first-order valence-electron chi connectivity index (χ1n) is 7.17. The van der Waals surface area contributed by atoms with E-state index < -0.39 is 9.84 Å². The highest BCUT2D eigenvalue weighted by atomic mass is 32.2. The predicted molar refractivity (Wildman–Crippen MR) is 84.5 cm³/mol. The van der Waals surface area contributed by atoms with Gasteiger partial charge < -0.3 is 4.90 Å². The fourth-order valence-electron chi connectivity index (χ4n) is 2.67. The predicted octanol–water partition coefficient (Wildman–Crippen LogP) is 2.13. The van der Waals surface area contributed by atoms with E-state index in [4.69, 9.17) is 0 Å². The summed E-state index contributed by atoms with van der Waals surface area (Å²) in [4.78, 5) is 14.1. The van der Waals surface area contributed by atoms with Crippen molar-refractivity contribution in [3.8, 4) is 0 Å². The number of benzene rings is 1. The second-order valence-corrected chi connectivity index (χ2v) is 7.60. The molecule has 4 nitrogen and oxygen atoms in total. The first-order valence-corrected chi connectivity index (χ1v) is 9.00. The van der Waals surface area contributed by atoms with Crippen molar-refractivity contribution in [3.05, 3.63) is 42.0 Å². The summed E-state index contributed by atoms with van der Waals surface area (Å²) in [6.07, 6.45) is 2.14. The summed E-state index contributed by atoms with van der Waals surface area (Å²) < 4.78 is 23.1. The Kier molecular flexibility index (Phi) is 4.83. The number of hydrogen-bond donors (Lipinski definition) is 0. The van der Waals surface area contributed by atoms with Gasteiger partial charge in [-0.15, -0.1) is 0 Å². The molecule has 1 heterocycles. The highest BCUT2D eigenvalue weighted by Gasteiger charge is 2.33. The average Bonchev–Trinajstić information content (AvgIpc) is 2.80. The number of sulfone groups is 1. The second-order valence-electron chi connectivity index (χ2n) is 5.37. The van der Waals surface area contributed by atoms with Crippen LogP contribution in [0.1, 0.15) is 25.8 Å². The quantitative estimate of drug-likeness (QED) is 0.801. The molecule has 0 spiro atoms. The molecule has 1 aliphatic heterocycles. The van der Waals surface area contributed by atoms with E-state index in [1.54, 1.807) is 11.0 Å². The number of nitrogens with zero attached hydrogens (tertiary/aromatic N) is 1. The molecule has 0 saturated carbocycles. The van der Waals surface area contributed by atoms with Crippen molar-refractivity contribution in [2.24, 2.45) is 0 Å². The van der Waals surface area contributed by atoms with Crippen molar-refractivity contribution >= 4 is 21.3 Å². The Bertz CT molecular complexity index is 635. The van der Waals surface area contributed by atoms with E-state index in [0.717, 1.165) is 11.1 Å². The Morgan fingerprint density at radius 2 is 2.00 bits per heavy atom. The Morgan fingerprint density at radius 3 is 2.52 bits per heavy atom. The minimum absolute atomic E-state index is 0.0881. The van der Waals surface area contributed by atoms with Gasteiger partial charge in [0.15, 0.2) is 9.84 Å². The summed E-state index contributed by atoms with van der Waals surface area (Å²) in [6.45, 7) is 4.30. The molecule has 5 heteroatoms. The van der Waals surface area contributed by atoms with E-state index in [1.807, 2.05) is 44.2 Å². The number of rotatable bonds is 4. The third-order valence-corrected chi connectivity index (χ3v) is 5.59. The largest absolute Gasteiger partial charge is 0.335 e. The van der Waals surface area contributed by atoms with Gasteiger partial charge in [-0.05, 0) is 31.4 Å². The number of allylic oxidation sites excluding steroid dienone is 1. The summed E-state index contributed by atoms with van der Waals surface area (Å²) in [7, 11) is -2.98. The van der Waals surface area contributed by atoms with E-state index in [-0.39, 0.29) is 23.5 Å². The van der Waals surface area contributed by atoms with Crippen LogP contribution in [0.4, 0.5) is 0 Å². The van der Waals surface area contributed by atoms with Gasteiger partial charge in [-0.1, -0.05) is 30.3 Å². The lowest BCUT2D eigenvalue weighted by atomic mass is 10.1. The number of amides is 1. The van der Waals surface area contributed by atoms with E-state index in [0.29, 0.717) is 13.0 Å². The van der Waals surface area contributed by atoms with Crippen LogP contribution in [0, 0.1) is 0 Å². The molecule has 1 saturated heterocycles. The summed E-state index contributed by atoms with van der Waals surface area (Å²) in [5, 5.41) is 0. The molecule has 1 amide bonds. The minimum Gasteiger partial charge on any atom is -0.335 e. The topological polar surface area (TPSA) is 54.5 Å². The van der Waals surface area contributed by atoms with E-state index in [1.165, 1.54) is 0 Å². The molecule has 21 heavy (non-hydrogen) atoms. The molecule has 1 aliphatic rings. The summed E-state index contributed by atoms with van der Waals surface area (Å²) >= 11 is 0. The summed E-state index contributed by atoms with van der Waals surface area (Å²) in [6, 6.07) is 9.51. The Balaban J connectivity index is 2.14. The van der Waals surface area contributed by atoms with Crippen molar-refractivity contribution in [3.63, 3.8) is 0 Å². The SMILES string of the molecule is CCN(C(=O)/C=C(/C)c1ccccc1)C1CCS(=O)(=O)C1. The molecule has 1 fully saturated rings. The van der Waals surface area contributed by atoms with E-state index in [2.05, 4.69) is 0 Å². The number of hydrogen-bond acceptors (Lipinski definition) is 3. The van der Waals surface area contributed by atoms with Gasteiger partial charge in [0.2, 0.25) is 5.91 Å². The van der Waals surface area contributed by atoms with Gasteiger partial charge >= 0.3 is 0 Å². The zero-order chi connectivity index (χ0) is 15.5. The molecule has 0 aromatic heterocycles. The lowest BCUT2D eigenvalue weighted by Gasteiger charge is -2.25. The molecule has 1 unspecified atom stereocenters. The van der Waals surface area contributed by atoms with Gasteiger partial charge in [0, 0.05) is 18.7 Å². The molecular weight excluding hydrogens is 286 g/mol. The van der Waals surface area contributed by atoms with Gasteiger partial charge in [-0.2, -0.15) is 0 Å². The van der Waals surface area contributed by atoms with Gasteiger partial charge in [-0.25, -0.2) is 8.42 Å². The fraction of sp³-hybridized carbons (Fsp3) is 0.438. The number of carbonyl (C=O) groups is 1. The van der Waals surface area contributed by atoms with Gasteiger partial charge in [-0.3, -0.25) is 4.79 Å². The maximum absolute atomic E-state index is 12.4. The van der Waals surface area contributed by atoms with E-state index in [9.17, 15) is 13.2 Å². The molecule has 0 bridgehead atoms. The first kappa shape index (κ1) is 15.8. The van der Waals surface area contributed by atoms with Crippen LogP contribution in [-0.4, -0.2) is 43.3 Å².